The molecule has 3 amide bonds. The summed E-state index contributed by atoms with van der Waals surface area (Å²) >= 11 is 0. The highest BCUT2D eigenvalue weighted by molar-refractivity contribution is 6.01. The fourth-order valence-electron chi connectivity index (χ4n) is 3.03. The third kappa shape index (κ3) is 3.91. The molecule has 132 valence electrons. The number of fused-ring (bicyclic) bond motifs is 1. The van der Waals surface area contributed by atoms with Crippen molar-refractivity contribution in [2.75, 3.05) is 31.6 Å². The van der Waals surface area contributed by atoms with E-state index in [0.29, 0.717) is 26.3 Å². The second-order valence-corrected chi connectivity index (χ2v) is 5.90. The largest absolute Gasteiger partial charge is 0.381 e. The van der Waals surface area contributed by atoms with E-state index in [1.165, 1.54) is 10.0 Å². The number of anilines is 1. The van der Waals surface area contributed by atoms with Crippen LogP contribution in [-0.4, -0.2) is 48.3 Å². The van der Waals surface area contributed by atoms with Crippen LogP contribution in [0.5, 0.6) is 0 Å². The van der Waals surface area contributed by atoms with Gasteiger partial charge in [-0.3, -0.25) is 4.79 Å². The molecule has 1 aliphatic heterocycles. The summed E-state index contributed by atoms with van der Waals surface area (Å²) in [6, 6.07) is 13.4. The lowest BCUT2D eigenvalue weighted by Gasteiger charge is -2.28. The van der Waals surface area contributed by atoms with Crippen molar-refractivity contribution >= 4 is 28.4 Å². The number of carbonyl (C=O) groups is 2. The summed E-state index contributed by atoms with van der Waals surface area (Å²) in [6.45, 7) is 3.96. The zero-order chi connectivity index (χ0) is 17.6. The summed E-state index contributed by atoms with van der Waals surface area (Å²) < 4.78 is 5.24. The smallest absolute Gasteiger partial charge is 0.340 e. The van der Waals surface area contributed by atoms with Gasteiger partial charge in [-0.05, 0) is 24.8 Å². The number of urea groups is 1. The number of nitrogens with zero attached hydrogens (tertiary/aromatic N) is 2. The van der Waals surface area contributed by atoms with Crippen molar-refractivity contribution in [1.82, 2.24) is 10.0 Å². The molecule has 1 saturated heterocycles. The van der Waals surface area contributed by atoms with E-state index in [9.17, 15) is 9.59 Å². The van der Waals surface area contributed by atoms with Crippen molar-refractivity contribution in [3.63, 3.8) is 0 Å². The Bertz CT molecular complexity index is 757. The fourth-order valence-corrected chi connectivity index (χ4v) is 3.03. The molecule has 0 unspecified atom stereocenters. The molecule has 0 aliphatic carbocycles. The first-order valence-electron chi connectivity index (χ1n) is 8.65. The summed E-state index contributed by atoms with van der Waals surface area (Å²) in [7, 11) is 0. The number of hydrogen-bond acceptors (Lipinski definition) is 3. The summed E-state index contributed by atoms with van der Waals surface area (Å²) in [4.78, 5) is 25.0. The summed E-state index contributed by atoms with van der Waals surface area (Å²) in [5, 5.41) is 8.00. The van der Waals surface area contributed by atoms with E-state index in [1.807, 2.05) is 49.4 Å². The third-order valence-electron chi connectivity index (χ3n) is 4.25. The van der Waals surface area contributed by atoms with Crippen LogP contribution in [0, 0.1) is 0 Å². The average molecular weight is 341 g/mol. The van der Waals surface area contributed by atoms with E-state index in [-0.39, 0.29) is 18.4 Å². The van der Waals surface area contributed by atoms with Gasteiger partial charge in [-0.25, -0.2) is 14.8 Å². The number of carbonyl (C=O) groups excluding carboxylic acids is 2. The molecule has 6 heteroatoms. The van der Waals surface area contributed by atoms with Gasteiger partial charge in [0.25, 0.3) is 0 Å². The van der Waals surface area contributed by atoms with Crippen LogP contribution >= 0.6 is 0 Å². The lowest BCUT2D eigenvalue weighted by molar-refractivity contribution is -0.140. The molecular formula is C19H23N3O3. The van der Waals surface area contributed by atoms with Gasteiger partial charge in [-0.15, -0.1) is 0 Å². The molecule has 3 rings (SSSR count). The molecule has 6 nitrogen and oxygen atoms in total. The van der Waals surface area contributed by atoms with Crippen LogP contribution in [0.3, 0.4) is 0 Å². The molecule has 0 bridgehead atoms. The minimum Gasteiger partial charge on any atom is -0.381 e. The van der Waals surface area contributed by atoms with Crippen LogP contribution in [0.15, 0.2) is 42.5 Å². The Morgan fingerprint density at radius 2 is 1.84 bits per heavy atom. The SMILES string of the molecule is CCOCCC(=O)N1CCCN1C(=O)Nc1cccc2ccccc12. The zero-order valence-electron chi connectivity index (χ0n) is 14.4. The molecule has 25 heavy (non-hydrogen) atoms. The molecule has 1 fully saturated rings. The van der Waals surface area contributed by atoms with E-state index >= 15 is 0 Å². The van der Waals surface area contributed by atoms with Gasteiger partial charge in [0.15, 0.2) is 0 Å². The summed E-state index contributed by atoms with van der Waals surface area (Å²) in [6.07, 6.45) is 1.06. The maximum absolute atomic E-state index is 12.7. The van der Waals surface area contributed by atoms with Crippen molar-refractivity contribution in [1.29, 1.82) is 0 Å². The van der Waals surface area contributed by atoms with E-state index in [0.717, 1.165) is 22.9 Å². The van der Waals surface area contributed by atoms with Gasteiger partial charge < -0.3 is 10.1 Å². The number of benzene rings is 2. The predicted octanol–water partition coefficient (Wildman–Crippen LogP) is 3.25. The van der Waals surface area contributed by atoms with Crippen molar-refractivity contribution < 1.29 is 14.3 Å². The van der Waals surface area contributed by atoms with Crippen LogP contribution in [0.25, 0.3) is 10.8 Å². The maximum atomic E-state index is 12.7. The van der Waals surface area contributed by atoms with Crippen LogP contribution in [0.1, 0.15) is 19.8 Å². The van der Waals surface area contributed by atoms with Gasteiger partial charge in [0, 0.05) is 25.1 Å². The maximum Gasteiger partial charge on any atom is 0.340 e. The molecule has 1 heterocycles. The van der Waals surface area contributed by atoms with Crippen molar-refractivity contribution in [2.24, 2.45) is 0 Å². The Morgan fingerprint density at radius 3 is 2.68 bits per heavy atom. The van der Waals surface area contributed by atoms with Crippen molar-refractivity contribution in [2.45, 2.75) is 19.8 Å². The van der Waals surface area contributed by atoms with Crippen molar-refractivity contribution in [3.05, 3.63) is 42.5 Å². The van der Waals surface area contributed by atoms with E-state index in [4.69, 9.17) is 4.74 Å². The van der Waals surface area contributed by atoms with Gasteiger partial charge >= 0.3 is 6.03 Å². The summed E-state index contributed by atoms with van der Waals surface area (Å²) in [5.41, 5.74) is 0.747. The first-order valence-corrected chi connectivity index (χ1v) is 8.65. The predicted molar refractivity (Wildman–Crippen MR) is 97.1 cm³/mol. The summed E-state index contributed by atoms with van der Waals surface area (Å²) in [5.74, 6) is -0.0842. The number of rotatable bonds is 5. The zero-order valence-corrected chi connectivity index (χ0v) is 14.4. The molecule has 0 spiro atoms. The quantitative estimate of drug-likeness (QED) is 0.849. The minimum atomic E-state index is -0.279. The highest BCUT2D eigenvalue weighted by atomic mass is 16.5. The van der Waals surface area contributed by atoms with Crippen molar-refractivity contribution in [3.8, 4) is 0 Å². The Labute approximate surface area is 147 Å². The molecule has 0 atom stereocenters. The van der Waals surface area contributed by atoms with Crippen LogP contribution in [0.2, 0.25) is 0 Å². The van der Waals surface area contributed by atoms with Gasteiger partial charge in [-0.1, -0.05) is 36.4 Å². The standard InChI is InChI=1S/C19H23N3O3/c1-2-25-14-11-18(23)21-12-6-13-22(21)19(24)20-17-10-5-8-15-7-3-4-9-16(15)17/h3-5,7-10H,2,6,11-14H2,1H3,(H,20,24). The second kappa shape index (κ2) is 7.98. The number of hydrazine groups is 1. The van der Waals surface area contributed by atoms with Gasteiger partial charge in [0.1, 0.15) is 0 Å². The normalized spacial score (nSPS) is 14.1. The van der Waals surface area contributed by atoms with Crippen LogP contribution < -0.4 is 5.32 Å². The first kappa shape index (κ1) is 17.2. The Balaban J connectivity index is 1.70. The van der Waals surface area contributed by atoms with E-state index < -0.39 is 0 Å². The van der Waals surface area contributed by atoms with E-state index in [2.05, 4.69) is 5.32 Å². The minimum absolute atomic E-state index is 0.0842. The Kier molecular flexibility index (Phi) is 5.50. The average Bonchev–Trinajstić information content (AvgIpc) is 3.12. The molecule has 1 aliphatic rings. The van der Waals surface area contributed by atoms with E-state index in [1.54, 1.807) is 0 Å². The highest BCUT2D eigenvalue weighted by Crippen LogP contribution is 2.24. The first-order chi connectivity index (χ1) is 12.2. The molecule has 0 saturated carbocycles. The number of nitrogens with one attached hydrogen (secondary N) is 1. The molecular weight excluding hydrogens is 318 g/mol. The Hall–Kier alpha value is -2.60. The lowest BCUT2D eigenvalue weighted by atomic mass is 10.1. The van der Waals surface area contributed by atoms with Crippen LogP contribution in [0.4, 0.5) is 10.5 Å². The lowest BCUT2D eigenvalue weighted by Crippen LogP contribution is -2.47. The topological polar surface area (TPSA) is 61.9 Å². The van der Waals surface area contributed by atoms with Crippen LogP contribution in [-0.2, 0) is 9.53 Å². The molecule has 0 radical (unpaired) electrons. The monoisotopic (exact) mass is 341 g/mol. The molecule has 2 aromatic rings. The highest BCUT2D eigenvalue weighted by Gasteiger charge is 2.30. The number of hydrogen-bond donors (Lipinski definition) is 1. The fraction of sp³-hybridized carbons (Fsp3) is 0.368. The number of ether oxygens (including phenoxy) is 1. The molecule has 2 aromatic carbocycles. The Morgan fingerprint density at radius 1 is 1.08 bits per heavy atom. The third-order valence-corrected chi connectivity index (χ3v) is 4.25. The van der Waals surface area contributed by atoms with Gasteiger partial charge in [-0.2, -0.15) is 0 Å². The number of amides is 3. The molecule has 1 N–H and O–H groups in total. The second-order valence-electron chi connectivity index (χ2n) is 5.90. The van der Waals surface area contributed by atoms with Gasteiger partial charge in [0.05, 0.1) is 18.7 Å². The molecule has 0 aromatic heterocycles. The van der Waals surface area contributed by atoms with Gasteiger partial charge in [0.2, 0.25) is 5.91 Å².